The summed E-state index contributed by atoms with van der Waals surface area (Å²) in [5.41, 5.74) is 3.39. The normalized spacial score (nSPS) is 21.0. The molecule has 0 aromatic heterocycles. The van der Waals surface area contributed by atoms with Crippen molar-refractivity contribution in [2.24, 2.45) is 5.92 Å². The Morgan fingerprint density at radius 2 is 1.47 bits per heavy atom. The first kappa shape index (κ1) is 14.0. The second kappa shape index (κ2) is 8.08. The van der Waals surface area contributed by atoms with E-state index in [9.17, 15) is 0 Å². The topological polar surface area (TPSA) is 18.5 Å². The molecule has 0 saturated carbocycles. The fourth-order valence-corrected chi connectivity index (χ4v) is 2.70. The SMILES string of the molecule is SCCC1CN(CCS)NN(CCS)C1. The molecule has 15 heavy (non-hydrogen) atoms. The van der Waals surface area contributed by atoms with Crippen molar-refractivity contribution >= 4 is 37.9 Å². The molecule has 0 atom stereocenters. The summed E-state index contributed by atoms with van der Waals surface area (Å²) in [7, 11) is 0. The quantitative estimate of drug-likeness (QED) is 0.535. The summed E-state index contributed by atoms with van der Waals surface area (Å²) < 4.78 is 0. The monoisotopic (exact) mass is 267 g/mol. The van der Waals surface area contributed by atoms with Gasteiger partial charge in [0, 0.05) is 37.7 Å². The van der Waals surface area contributed by atoms with E-state index >= 15 is 0 Å². The predicted octanol–water partition coefficient (Wildman–Crippen LogP) is 0.819. The summed E-state index contributed by atoms with van der Waals surface area (Å²) in [6, 6.07) is 0. The minimum Gasteiger partial charge on any atom is -0.230 e. The van der Waals surface area contributed by atoms with Crippen LogP contribution in [0, 0.1) is 5.92 Å². The Morgan fingerprint density at radius 1 is 0.933 bits per heavy atom. The standard InChI is InChI=1S/C9H21N3S3/c13-4-1-9-7-11(2-5-14)10-12(8-9)3-6-15/h9-10,13-15H,1-8H2. The van der Waals surface area contributed by atoms with Gasteiger partial charge in [-0.05, 0) is 18.1 Å². The fraction of sp³-hybridized carbons (Fsp3) is 1.00. The lowest BCUT2D eigenvalue weighted by molar-refractivity contribution is -0.0361. The summed E-state index contributed by atoms with van der Waals surface area (Å²) >= 11 is 12.8. The maximum absolute atomic E-state index is 4.31. The van der Waals surface area contributed by atoms with E-state index < -0.39 is 0 Å². The Morgan fingerprint density at radius 3 is 1.87 bits per heavy atom. The third-order valence-electron chi connectivity index (χ3n) is 2.52. The molecule has 1 N–H and O–H groups in total. The molecule has 90 valence electrons. The third-order valence-corrected chi connectivity index (χ3v) is 3.18. The minimum absolute atomic E-state index is 0.712. The van der Waals surface area contributed by atoms with Crippen molar-refractivity contribution in [1.29, 1.82) is 0 Å². The molecule has 0 aromatic rings. The zero-order valence-corrected chi connectivity index (χ0v) is 11.7. The molecule has 1 saturated heterocycles. The molecule has 0 aliphatic carbocycles. The van der Waals surface area contributed by atoms with Crippen LogP contribution in [0.3, 0.4) is 0 Å². The van der Waals surface area contributed by atoms with Gasteiger partial charge in [0.05, 0.1) is 0 Å². The van der Waals surface area contributed by atoms with E-state index in [0.29, 0.717) is 5.92 Å². The average Bonchev–Trinajstić information content (AvgIpc) is 2.19. The number of hydrogen-bond acceptors (Lipinski definition) is 6. The molecule has 1 aliphatic heterocycles. The van der Waals surface area contributed by atoms with Gasteiger partial charge < -0.3 is 0 Å². The highest BCUT2D eigenvalue weighted by atomic mass is 32.1. The maximum atomic E-state index is 4.31. The van der Waals surface area contributed by atoms with Crippen molar-refractivity contribution in [1.82, 2.24) is 15.6 Å². The van der Waals surface area contributed by atoms with Crippen LogP contribution in [0.4, 0.5) is 0 Å². The lowest BCUT2D eigenvalue weighted by atomic mass is 10.1. The van der Waals surface area contributed by atoms with E-state index in [1.54, 1.807) is 0 Å². The molecule has 1 aliphatic rings. The molecule has 1 fully saturated rings. The van der Waals surface area contributed by atoms with Gasteiger partial charge in [0.2, 0.25) is 0 Å². The minimum atomic E-state index is 0.712. The van der Waals surface area contributed by atoms with Crippen molar-refractivity contribution in [2.45, 2.75) is 6.42 Å². The van der Waals surface area contributed by atoms with Gasteiger partial charge in [0.1, 0.15) is 0 Å². The van der Waals surface area contributed by atoms with Gasteiger partial charge in [-0.25, -0.2) is 10.0 Å². The van der Waals surface area contributed by atoms with Crippen LogP contribution < -0.4 is 5.53 Å². The summed E-state index contributed by atoms with van der Waals surface area (Å²) in [6.07, 6.45) is 1.18. The highest BCUT2D eigenvalue weighted by Gasteiger charge is 2.23. The largest absolute Gasteiger partial charge is 0.230 e. The predicted molar refractivity (Wildman–Crippen MR) is 75.9 cm³/mol. The molecule has 0 unspecified atom stereocenters. The lowest BCUT2D eigenvalue weighted by Crippen LogP contribution is -2.59. The number of rotatable bonds is 6. The van der Waals surface area contributed by atoms with Crippen LogP contribution in [0.2, 0.25) is 0 Å². The molecule has 0 bridgehead atoms. The maximum Gasteiger partial charge on any atom is 0.0232 e. The van der Waals surface area contributed by atoms with Gasteiger partial charge in [0.25, 0.3) is 0 Å². The van der Waals surface area contributed by atoms with E-state index in [4.69, 9.17) is 0 Å². The first-order valence-corrected chi connectivity index (χ1v) is 7.28. The van der Waals surface area contributed by atoms with Crippen LogP contribution >= 0.6 is 37.9 Å². The van der Waals surface area contributed by atoms with Crippen molar-refractivity contribution in [3.8, 4) is 0 Å². The van der Waals surface area contributed by atoms with Gasteiger partial charge in [-0.1, -0.05) is 0 Å². The van der Waals surface area contributed by atoms with Crippen LogP contribution in [0.5, 0.6) is 0 Å². The summed E-state index contributed by atoms with van der Waals surface area (Å²) in [5.74, 6) is 3.45. The zero-order chi connectivity index (χ0) is 11.1. The molecule has 0 radical (unpaired) electrons. The van der Waals surface area contributed by atoms with Gasteiger partial charge in [-0.3, -0.25) is 0 Å². The van der Waals surface area contributed by atoms with Crippen LogP contribution in [0.15, 0.2) is 0 Å². The zero-order valence-electron chi connectivity index (χ0n) is 8.97. The first-order chi connectivity index (χ1) is 7.30. The second-order valence-electron chi connectivity index (χ2n) is 3.82. The fourth-order valence-electron chi connectivity index (χ4n) is 1.85. The summed E-state index contributed by atoms with van der Waals surface area (Å²) in [4.78, 5) is 0. The van der Waals surface area contributed by atoms with Gasteiger partial charge in [-0.2, -0.15) is 43.4 Å². The van der Waals surface area contributed by atoms with E-state index in [0.717, 1.165) is 43.4 Å². The van der Waals surface area contributed by atoms with E-state index in [2.05, 4.69) is 53.4 Å². The Kier molecular flexibility index (Phi) is 7.54. The van der Waals surface area contributed by atoms with E-state index in [1.165, 1.54) is 6.42 Å². The summed E-state index contributed by atoms with van der Waals surface area (Å²) in [6.45, 7) is 4.17. The van der Waals surface area contributed by atoms with Crippen LogP contribution in [0.25, 0.3) is 0 Å². The van der Waals surface area contributed by atoms with E-state index in [1.807, 2.05) is 0 Å². The average molecular weight is 267 g/mol. The molecule has 0 spiro atoms. The molecule has 1 rings (SSSR count). The number of hydrazine groups is 2. The molecular weight excluding hydrogens is 246 g/mol. The van der Waals surface area contributed by atoms with Crippen LogP contribution in [-0.2, 0) is 0 Å². The van der Waals surface area contributed by atoms with Crippen LogP contribution in [0.1, 0.15) is 6.42 Å². The van der Waals surface area contributed by atoms with Gasteiger partial charge >= 0.3 is 0 Å². The van der Waals surface area contributed by atoms with Crippen molar-refractivity contribution in [3.05, 3.63) is 0 Å². The van der Waals surface area contributed by atoms with Gasteiger partial charge in [-0.15, -0.1) is 0 Å². The number of nitrogens with one attached hydrogen (secondary N) is 1. The van der Waals surface area contributed by atoms with Gasteiger partial charge in [0.15, 0.2) is 0 Å². The van der Waals surface area contributed by atoms with Crippen molar-refractivity contribution in [2.75, 3.05) is 43.4 Å². The third kappa shape index (κ3) is 5.19. The molecule has 0 aromatic carbocycles. The Labute approximate surface area is 109 Å². The molecule has 3 nitrogen and oxygen atoms in total. The highest BCUT2D eigenvalue weighted by molar-refractivity contribution is 7.80. The highest BCUT2D eigenvalue weighted by Crippen LogP contribution is 2.13. The number of hydrogen-bond donors (Lipinski definition) is 4. The number of nitrogens with zero attached hydrogens (tertiary/aromatic N) is 2. The lowest BCUT2D eigenvalue weighted by Gasteiger charge is -2.40. The van der Waals surface area contributed by atoms with Crippen molar-refractivity contribution in [3.63, 3.8) is 0 Å². The van der Waals surface area contributed by atoms with Crippen LogP contribution in [-0.4, -0.2) is 53.5 Å². The smallest absolute Gasteiger partial charge is 0.0232 e. The molecule has 6 heteroatoms. The Hall–Kier alpha value is 0.930. The second-order valence-corrected chi connectivity index (χ2v) is 5.16. The van der Waals surface area contributed by atoms with Crippen molar-refractivity contribution < 1.29 is 0 Å². The Bertz CT molecular complexity index is 136. The molecule has 0 amide bonds. The number of thiol groups is 3. The first-order valence-electron chi connectivity index (χ1n) is 5.39. The Balaban J connectivity index is 2.40. The van der Waals surface area contributed by atoms with E-state index in [-0.39, 0.29) is 0 Å². The molecular formula is C9H21N3S3. The summed E-state index contributed by atoms with van der Waals surface area (Å²) in [5, 5.41) is 4.49. The molecule has 1 heterocycles.